The fourth-order valence-corrected chi connectivity index (χ4v) is 3.83. The van der Waals surface area contributed by atoms with Crippen LogP contribution in [0.3, 0.4) is 0 Å². The number of para-hydroxylation sites is 1. The maximum atomic E-state index is 13.2. The number of rotatable bonds is 5. The zero-order valence-electron chi connectivity index (χ0n) is 15.5. The number of nitrogens with zero attached hydrogens (tertiary/aromatic N) is 2. The molecule has 2 heterocycles. The van der Waals surface area contributed by atoms with Gasteiger partial charge in [0, 0.05) is 24.1 Å². The highest BCUT2D eigenvalue weighted by Gasteiger charge is 2.40. The van der Waals surface area contributed by atoms with E-state index >= 15 is 0 Å². The number of benzene rings is 1. The van der Waals surface area contributed by atoms with Crippen molar-refractivity contribution in [1.29, 1.82) is 0 Å². The Labute approximate surface area is 154 Å². The second-order valence-electron chi connectivity index (χ2n) is 7.27. The Balaban J connectivity index is 1.66. The Bertz CT molecular complexity index is 797. The van der Waals surface area contributed by atoms with Crippen LogP contribution in [0.15, 0.2) is 30.3 Å². The van der Waals surface area contributed by atoms with E-state index in [9.17, 15) is 4.79 Å². The van der Waals surface area contributed by atoms with Crippen molar-refractivity contribution in [2.24, 2.45) is 0 Å². The van der Waals surface area contributed by atoms with Gasteiger partial charge in [-0.05, 0) is 51.2 Å². The second-order valence-corrected chi connectivity index (χ2v) is 7.27. The van der Waals surface area contributed by atoms with E-state index in [1.807, 2.05) is 35.2 Å². The highest BCUT2D eigenvalue weighted by molar-refractivity contribution is 5.86. The van der Waals surface area contributed by atoms with Crippen LogP contribution in [-0.2, 0) is 9.53 Å². The molecule has 1 saturated carbocycles. The third-order valence-electron chi connectivity index (χ3n) is 5.41. The number of fused-ring (bicyclic) bond motifs is 1. The lowest BCUT2D eigenvalue weighted by Gasteiger charge is -2.34. The maximum Gasteiger partial charge on any atom is 0.252 e. The van der Waals surface area contributed by atoms with Crippen LogP contribution in [0.5, 0.6) is 5.75 Å². The van der Waals surface area contributed by atoms with Crippen molar-refractivity contribution in [1.82, 2.24) is 9.88 Å². The zero-order valence-corrected chi connectivity index (χ0v) is 15.5. The molecule has 0 spiro atoms. The van der Waals surface area contributed by atoms with Crippen LogP contribution in [0.2, 0.25) is 0 Å². The quantitative estimate of drug-likeness (QED) is 0.818. The maximum absolute atomic E-state index is 13.2. The lowest BCUT2D eigenvalue weighted by Crippen LogP contribution is -2.44. The molecule has 0 N–H and O–H groups in total. The summed E-state index contributed by atoms with van der Waals surface area (Å²) in [6, 6.07) is 10.1. The highest BCUT2D eigenvalue weighted by Crippen LogP contribution is 2.37. The summed E-state index contributed by atoms with van der Waals surface area (Å²) in [5.74, 6) is 0.920. The third-order valence-corrected chi connectivity index (χ3v) is 5.41. The molecule has 5 heteroatoms. The lowest BCUT2D eigenvalue weighted by atomic mass is 10.0. The van der Waals surface area contributed by atoms with Crippen LogP contribution < -0.4 is 4.74 Å². The molecule has 138 valence electrons. The SMILES string of the molecule is COc1cc([C@@H](C)N(C(=O)[C@H]2CCCCO2)C2CC2)nc2ccccc12. The molecule has 2 aromatic rings. The van der Waals surface area contributed by atoms with Crippen LogP contribution in [0.1, 0.15) is 50.8 Å². The summed E-state index contributed by atoms with van der Waals surface area (Å²) in [5, 5.41) is 0.992. The van der Waals surface area contributed by atoms with Gasteiger partial charge in [-0.2, -0.15) is 0 Å². The Kier molecular flexibility index (Phi) is 4.81. The number of carbonyl (C=O) groups excluding carboxylic acids is 1. The van der Waals surface area contributed by atoms with Crippen LogP contribution in [0.4, 0.5) is 0 Å². The summed E-state index contributed by atoms with van der Waals surface area (Å²) in [5.41, 5.74) is 1.77. The second kappa shape index (κ2) is 7.23. The number of amides is 1. The van der Waals surface area contributed by atoms with Crippen molar-refractivity contribution in [3.63, 3.8) is 0 Å². The molecule has 0 unspecified atom stereocenters. The zero-order chi connectivity index (χ0) is 18.1. The highest BCUT2D eigenvalue weighted by atomic mass is 16.5. The molecule has 4 rings (SSSR count). The molecule has 1 amide bonds. The minimum Gasteiger partial charge on any atom is -0.496 e. The van der Waals surface area contributed by atoms with E-state index in [0.717, 1.165) is 54.5 Å². The van der Waals surface area contributed by atoms with Crippen molar-refractivity contribution in [3.05, 3.63) is 36.0 Å². The average molecular weight is 354 g/mol. The minimum atomic E-state index is -0.297. The molecule has 2 fully saturated rings. The third kappa shape index (κ3) is 3.28. The fourth-order valence-electron chi connectivity index (χ4n) is 3.83. The smallest absolute Gasteiger partial charge is 0.252 e. The Hall–Kier alpha value is -2.14. The van der Waals surface area contributed by atoms with Crippen molar-refractivity contribution in [2.45, 2.75) is 57.2 Å². The van der Waals surface area contributed by atoms with Gasteiger partial charge < -0.3 is 14.4 Å². The molecule has 1 saturated heterocycles. The van der Waals surface area contributed by atoms with Gasteiger partial charge in [0.05, 0.1) is 24.4 Å². The van der Waals surface area contributed by atoms with Gasteiger partial charge in [-0.15, -0.1) is 0 Å². The molecular formula is C21H26N2O3. The Morgan fingerprint density at radius 2 is 2.08 bits per heavy atom. The number of ether oxygens (including phenoxy) is 2. The van der Waals surface area contributed by atoms with Gasteiger partial charge in [-0.25, -0.2) is 0 Å². The predicted octanol–water partition coefficient (Wildman–Crippen LogP) is 3.86. The van der Waals surface area contributed by atoms with Gasteiger partial charge in [-0.1, -0.05) is 12.1 Å². The Morgan fingerprint density at radius 3 is 2.77 bits per heavy atom. The number of pyridine rings is 1. The topological polar surface area (TPSA) is 51.7 Å². The van der Waals surface area contributed by atoms with E-state index in [1.54, 1.807) is 7.11 Å². The van der Waals surface area contributed by atoms with E-state index in [4.69, 9.17) is 14.5 Å². The van der Waals surface area contributed by atoms with Crippen molar-refractivity contribution in [2.75, 3.05) is 13.7 Å². The monoisotopic (exact) mass is 354 g/mol. The molecular weight excluding hydrogens is 328 g/mol. The van der Waals surface area contributed by atoms with Gasteiger partial charge >= 0.3 is 0 Å². The molecule has 26 heavy (non-hydrogen) atoms. The van der Waals surface area contributed by atoms with E-state index in [2.05, 4.69) is 6.92 Å². The van der Waals surface area contributed by atoms with E-state index < -0.39 is 0 Å². The number of methoxy groups -OCH3 is 1. The lowest BCUT2D eigenvalue weighted by molar-refractivity contribution is -0.149. The average Bonchev–Trinajstić information content (AvgIpc) is 3.52. The van der Waals surface area contributed by atoms with Gasteiger partial charge in [-0.3, -0.25) is 9.78 Å². The first-order valence-electron chi connectivity index (χ1n) is 9.56. The largest absolute Gasteiger partial charge is 0.496 e. The van der Waals surface area contributed by atoms with Crippen LogP contribution in [0.25, 0.3) is 10.9 Å². The Morgan fingerprint density at radius 1 is 1.27 bits per heavy atom. The first-order chi connectivity index (χ1) is 12.7. The van der Waals surface area contributed by atoms with Gasteiger partial charge in [0.2, 0.25) is 0 Å². The first-order valence-corrected chi connectivity index (χ1v) is 9.56. The number of hydrogen-bond acceptors (Lipinski definition) is 4. The molecule has 1 aliphatic heterocycles. The first kappa shape index (κ1) is 17.3. The van der Waals surface area contributed by atoms with E-state index in [0.29, 0.717) is 12.6 Å². The summed E-state index contributed by atoms with van der Waals surface area (Å²) in [7, 11) is 1.68. The number of aromatic nitrogens is 1. The molecule has 1 aromatic heterocycles. The van der Waals surface area contributed by atoms with Crippen molar-refractivity contribution >= 4 is 16.8 Å². The summed E-state index contributed by atoms with van der Waals surface area (Å²) in [4.78, 5) is 20.0. The summed E-state index contributed by atoms with van der Waals surface area (Å²) >= 11 is 0. The normalized spacial score (nSPS) is 21.4. The van der Waals surface area contributed by atoms with Crippen LogP contribution >= 0.6 is 0 Å². The van der Waals surface area contributed by atoms with Crippen LogP contribution in [0, 0.1) is 0 Å². The summed E-state index contributed by atoms with van der Waals surface area (Å²) < 4.78 is 11.3. The van der Waals surface area contributed by atoms with Crippen molar-refractivity contribution < 1.29 is 14.3 Å². The number of hydrogen-bond donors (Lipinski definition) is 0. The van der Waals surface area contributed by atoms with Crippen LogP contribution in [-0.4, -0.2) is 41.7 Å². The van der Waals surface area contributed by atoms with Gasteiger partial charge in [0.15, 0.2) is 0 Å². The predicted molar refractivity (Wildman–Crippen MR) is 100 cm³/mol. The molecule has 0 bridgehead atoms. The van der Waals surface area contributed by atoms with E-state index in [1.165, 1.54) is 0 Å². The molecule has 1 aromatic carbocycles. The van der Waals surface area contributed by atoms with Gasteiger partial charge in [0.1, 0.15) is 11.9 Å². The molecule has 0 radical (unpaired) electrons. The van der Waals surface area contributed by atoms with Crippen molar-refractivity contribution in [3.8, 4) is 5.75 Å². The molecule has 2 atom stereocenters. The minimum absolute atomic E-state index is 0.0981. The fraction of sp³-hybridized carbons (Fsp3) is 0.524. The van der Waals surface area contributed by atoms with Gasteiger partial charge in [0.25, 0.3) is 5.91 Å². The van der Waals surface area contributed by atoms with E-state index in [-0.39, 0.29) is 18.1 Å². The molecule has 5 nitrogen and oxygen atoms in total. The number of carbonyl (C=O) groups is 1. The standard InChI is InChI=1S/C21H26N2O3/c1-14(18-13-20(25-2)16-7-3-4-8-17(16)22-18)23(15-10-11-15)21(24)19-9-5-6-12-26-19/h3-4,7-8,13-15,19H,5-6,9-12H2,1-2H3/t14-,19-/m1/s1. The summed E-state index contributed by atoms with van der Waals surface area (Å²) in [6.07, 6.45) is 4.76. The molecule has 2 aliphatic rings. The summed E-state index contributed by atoms with van der Waals surface area (Å²) in [6.45, 7) is 2.75. The molecule has 1 aliphatic carbocycles.